The molecule has 0 radical (unpaired) electrons. The summed E-state index contributed by atoms with van der Waals surface area (Å²) in [5, 5.41) is 10.3. The van der Waals surface area contributed by atoms with E-state index in [1.165, 1.54) is 6.20 Å². The Bertz CT molecular complexity index is 1010. The van der Waals surface area contributed by atoms with Crippen LogP contribution in [0.3, 0.4) is 0 Å². The Balaban J connectivity index is 1.88. The minimum absolute atomic E-state index is 0.265. The highest BCUT2D eigenvalue weighted by Crippen LogP contribution is 2.37. The zero-order chi connectivity index (χ0) is 21.2. The van der Waals surface area contributed by atoms with E-state index in [0.29, 0.717) is 18.0 Å². The monoisotopic (exact) mass is 544 g/mol. The van der Waals surface area contributed by atoms with Gasteiger partial charge in [-0.1, -0.05) is 50.0 Å². The fraction of sp³-hybridized carbons (Fsp3) is 0.300. The van der Waals surface area contributed by atoms with E-state index in [-0.39, 0.29) is 12.4 Å². The van der Waals surface area contributed by atoms with Gasteiger partial charge in [-0.3, -0.25) is 0 Å². The summed E-state index contributed by atoms with van der Waals surface area (Å²) < 4.78 is 35.3. The van der Waals surface area contributed by atoms with Crippen LogP contribution in [0.5, 0.6) is 5.75 Å². The maximum Gasteiger partial charge on any atom is 0.332 e. The molecule has 2 aromatic rings. The van der Waals surface area contributed by atoms with Crippen molar-refractivity contribution in [3.05, 3.63) is 69.7 Å². The first kappa shape index (κ1) is 22.0. The van der Waals surface area contributed by atoms with E-state index in [4.69, 9.17) is 4.74 Å². The van der Waals surface area contributed by atoms with Crippen LogP contribution in [-0.2, 0) is 16.8 Å². The number of anilines is 1. The standard InChI is InChI=1S/C20H25IN2O4SSi/c1-29(2,3)12-11-22-20(24)14-23(28(22,25)26)18-10-9-17(21)13-19(18)27-15-16-7-5-4-6-8-16/h4-10,13-14,24H,11-12,15H2,1-3H3. The van der Waals surface area contributed by atoms with Crippen LogP contribution in [0, 0.1) is 3.57 Å². The first-order chi connectivity index (χ1) is 13.6. The number of nitrogens with zero attached hydrogens (tertiary/aromatic N) is 2. The number of halogens is 1. The molecular weight excluding hydrogens is 519 g/mol. The Morgan fingerprint density at radius 3 is 2.45 bits per heavy atom. The quantitative estimate of drug-likeness (QED) is 0.397. The summed E-state index contributed by atoms with van der Waals surface area (Å²) in [6.45, 7) is 7.09. The molecule has 0 aromatic heterocycles. The van der Waals surface area contributed by atoms with Crippen LogP contribution < -0.4 is 9.04 Å². The number of benzene rings is 2. The van der Waals surface area contributed by atoms with Gasteiger partial charge in [0.05, 0.1) is 6.20 Å². The Hall–Kier alpha value is -1.72. The number of rotatable bonds is 7. The van der Waals surface area contributed by atoms with Gasteiger partial charge in [0.15, 0.2) is 0 Å². The van der Waals surface area contributed by atoms with E-state index in [1.807, 2.05) is 36.4 Å². The molecule has 0 bridgehead atoms. The highest BCUT2D eigenvalue weighted by atomic mass is 127. The van der Waals surface area contributed by atoms with Crippen molar-refractivity contribution in [3.8, 4) is 5.75 Å². The highest BCUT2D eigenvalue weighted by Gasteiger charge is 2.39. The zero-order valence-electron chi connectivity index (χ0n) is 16.7. The van der Waals surface area contributed by atoms with Crippen molar-refractivity contribution in [1.29, 1.82) is 0 Å². The van der Waals surface area contributed by atoms with Crippen LogP contribution in [0.1, 0.15) is 5.56 Å². The summed E-state index contributed by atoms with van der Waals surface area (Å²) in [6.07, 6.45) is 1.25. The first-order valence-electron chi connectivity index (χ1n) is 9.27. The molecule has 1 heterocycles. The van der Waals surface area contributed by atoms with Gasteiger partial charge in [0, 0.05) is 18.2 Å². The number of aliphatic hydroxyl groups is 1. The lowest BCUT2D eigenvalue weighted by molar-refractivity contribution is 0.294. The Morgan fingerprint density at radius 1 is 1.10 bits per heavy atom. The lowest BCUT2D eigenvalue weighted by Gasteiger charge is -2.25. The van der Waals surface area contributed by atoms with Crippen LogP contribution in [-0.4, -0.2) is 32.4 Å². The number of ether oxygens (including phenoxy) is 1. The molecule has 0 unspecified atom stereocenters. The third-order valence-electron chi connectivity index (χ3n) is 4.48. The molecule has 0 aliphatic carbocycles. The molecular formula is C20H25IN2O4SSi. The van der Waals surface area contributed by atoms with Gasteiger partial charge >= 0.3 is 10.2 Å². The Morgan fingerprint density at radius 2 is 1.79 bits per heavy atom. The van der Waals surface area contributed by atoms with Crippen molar-refractivity contribution in [3.63, 3.8) is 0 Å². The fourth-order valence-corrected chi connectivity index (χ4v) is 5.81. The maximum absolute atomic E-state index is 13.1. The predicted octanol–water partition coefficient (Wildman–Crippen LogP) is 4.93. The van der Waals surface area contributed by atoms with E-state index in [0.717, 1.165) is 23.8 Å². The summed E-state index contributed by atoms with van der Waals surface area (Å²) in [5.41, 5.74) is 1.36. The summed E-state index contributed by atoms with van der Waals surface area (Å²) in [6, 6.07) is 15.7. The molecule has 156 valence electrons. The number of hydrogen-bond donors (Lipinski definition) is 1. The second kappa shape index (κ2) is 8.56. The third-order valence-corrected chi connectivity index (χ3v) is 8.60. The van der Waals surface area contributed by atoms with Crippen molar-refractivity contribution < 1.29 is 18.3 Å². The molecule has 0 saturated carbocycles. The largest absolute Gasteiger partial charge is 0.493 e. The average molecular weight is 544 g/mol. The Kier molecular flexibility index (Phi) is 6.49. The zero-order valence-corrected chi connectivity index (χ0v) is 20.6. The van der Waals surface area contributed by atoms with Crippen LogP contribution in [0.25, 0.3) is 0 Å². The van der Waals surface area contributed by atoms with Crippen molar-refractivity contribution >= 4 is 46.6 Å². The van der Waals surface area contributed by atoms with Gasteiger partial charge in [0.25, 0.3) is 0 Å². The minimum Gasteiger partial charge on any atom is -0.493 e. The molecule has 0 atom stereocenters. The van der Waals surface area contributed by atoms with E-state index in [1.54, 1.807) is 12.1 Å². The van der Waals surface area contributed by atoms with Gasteiger partial charge in [0.2, 0.25) is 5.88 Å². The molecule has 1 aliphatic heterocycles. The molecule has 1 N–H and O–H groups in total. The van der Waals surface area contributed by atoms with Gasteiger partial charge in [-0.2, -0.15) is 8.42 Å². The number of hydrogen-bond acceptors (Lipinski definition) is 4. The second-order valence-electron chi connectivity index (χ2n) is 8.06. The second-order valence-corrected chi connectivity index (χ2v) is 16.7. The van der Waals surface area contributed by atoms with E-state index < -0.39 is 18.3 Å². The summed E-state index contributed by atoms with van der Waals surface area (Å²) >= 11 is 2.16. The van der Waals surface area contributed by atoms with Gasteiger partial charge < -0.3 is 9.84 Å². The average Bonchev–Trinajstić information content (AvgIpc) is 2.87. The minimum atomic E-state index is -3.91. The molecule has 0 fully saturated rings. The Labute approximate surface area is 187 Å². The van der Waals surface area contributed by atoms with Gasteiger partial charge in [-0.15, -0.1) is 0 Å². The van der Waals surface area contributed by atoms with Crippen LogP contribution in [0.15, 0.2) is 60.6 Å². The molecule has 0 amide bonds. The summed E-state index contributed by atoms with van der Waals surface area (Å²) in [7, 11) is -5.38. The molecule has 29 heavy (non-hydrogen) atoms. The lowest BCUT2D eigenvalue weighted by atomic mass is 10.2. The van der Waals surface area contributed by atoms with Crippen molar-refractivity contribution in [2.75, 3.05) is 10.8 Å². The van der Waals surface area contributed by atoms with Crippen LogP contribution >= 0.6 is 22.6 Å². The van der Waals surface area contributed by atoms with Gasteiger partial charge in [0.1, 0.15) is 18.0 Å². The number of aliphatic hydroxyl groups excluding tert-OH is 1. The van der Waals surface area contributed by atoms with Crippen molar-refractivity contribution in [1.82, 2.24) is 4.31 Å². The van der Waals surface area contributed by atoms with Crippen LogP contribution in [0.4, 0.5) is 5.69 Å². The smallest absolute Gasteiger partial charge is 0.332 e. The van der Waals surface area contributed by atoms with E-state index in [2.05, 4.69) is 42.2 Å². The molecule has 2 aromatic carbocycles. The topological polar surface area (TPSA) is 70.1 Å². The lowest BCUT2D eigenvalue weighted by Crippen LogP contribution is -2.37. The van der Waals surface area contributed by atoms with Gasteiger partial charge in [-0.25, -0.2) is 8.61 Å². The highest BCUT2D eigenvalue weighted by molar-refractivity contribution is 14.1. The summed E-state index contributed by atoms with van der Waals surface area (Å²) in [4.78, 5) is 0. The maximum atomic E-state index is 13.1. The SMILES string of the molecule is C[Si](C)(C)CCN1C(O)=CN(c2ccc(I)cc2OCc2ccccc2)S1(=O)=O. The normalized spacial score (nSPS) is 16.1. The molecule has 0 saturated heterocycles. The first-order valence-corrected chi connectivity index (χ1v) is 15.5. The third kappa shape index (κ3) is 5.26. The molecule has 6 nitrogen and oxygen atoms in total. The molecule has 1 aliphatic rings. The molecule has 9 heteroatoms. The van der Waals surface area contributed by atoms with Gasteiger partial charge in [-0.05, 0) is 52.4 Å². The predicted molar refractivity (Wildman–Crippen MR) is 127 cm³/mol. The summed E-state index contributed by atoms with van der Waals surface area (Å²) in [5.74, 6) is 0.177. The fourth-order valence-electron chi connectivity index (χ4n) is 2.84. The molecule has 3 rings (SSSR count). The van der Waals surface area contributed by atoms with E-state index >= 15 is 0 Å². The van der Waals surface area contributed by atoms with Crippen LogP contribution in [0.2, 0.25) is 25.7 Å². The van der Waals surface area contributed by atoms with Crippen molar-refractivity contribution in [2.24, 2.45) is 0 Å². The van der Waals surface area contributed by atoms with E-state index in [9.17, 15) is 13.5 Å². The molecule has 0 spiro atoms. The van der Waals surface area contributed by atoms with Crippen molar-refractivity contribution in [2.45, 2.75) is 32.3 Å².